The average Bonchev–Trinajstić information content (AvgIpc) is 2.65. The largest absolute Gasteiger partial charge is 0.478 e. The molecular weight excluding hydrogens is 430 g/mol. The molecule has 9 heteroatoms. The van der Waals surface area contributed by atoms with Gasteiger partial charge in [0.15, 0.2) is 6.10 Å². The highest BCUT2D eigenvalue weighted by atomic mass is 79.9. The second-order valence-corrected chi connectivity index (χ2v) is 7.50. The molecule has 146 valence electrons. The molecule has 0 spiro atoms. The molecule has 0 bridgehead atoms. The topological polar surface area (TPSA) is 102 Å². The van der Waals surface area contributed by atoms with E-state index in [4.69, 9.17) is 4.74 Å². The highest BCUT2D eigenvalue weighted by molar-refractivity contribution is 9.10. The average molecular weight is 448 g/mol. The summed E-state index contributed by atoms with van der Waals surface area (Å²) in [7, 11) is 0. The molecule has 0 saturated heterocycles. The molecule has 1 N–H and O–H groups in total. The van der Waals surface area contributed by atoms with Gasteiger partial charge >= 0.3 is 0 Å². The third-order valence-corrected chi connectivity index (χ3v) is 4.95. The lowest BCUT2D eigenvalue weighted by molar-refractivity contribution is -0.384. The SMILES string of the molecule is CC(C)C1Oc2ccc([N+](=O)[O-])cc2N(CC(=O)Nc2ccccc2Br)C1=O. The lowest BCUT2D eigenvalue weighted by Gasteiger charge is -2.35. The van der Waals surface area contributed by atoms with Crippen LogP contribution in [0.25, 0.3) is 0 Å². The van der Waals surface area contributed by atoms with Crippen LogP contribution in [0.3, 0.4) is 0 Å². The van der Waals surface area contributed by atoms with Crippen LogP contribution in [-0.2, 0) is 9.59 Å². The molecule has 28 heavy (non-hydrogen) atoms. The van der Waals surface area contributed by atoms with E-state index in [0.717, 1.165) is 0 Å². The van der Waals surface area contributed by atoms with Crippen molar-refractivity contribution in [3.8, 4) is 5.75 Å². The molecule has 0 fully saturated rings. The third kappa shape index (κ3) is 3.99. The first-order chi connectivity index (χ1) is 13.3. The Balaban J connectivity index is 1.92. The number of halogens is 1. The molecule has 0 saturated carbocycles. The predicted octanol–water partition coefficient (Wildman–Crippen LogP) is 3.75. The lowest BCUT2D eigenvalue weighted by atomic mass is 10.0. The fraction of sp³-hybridized carbons (Fsp3) is 0.263. The van der Waals surface area contributed by atoms with Gasteiger partial charge in [0.05, 0.1) is 16.3 Å². The highest BCUT2D eigenvalue weighted by Gasteiger charge is 2.38. The summed E-state index contributed by atoms with van der Waals surface area (Å²) in [5.41, 5.74) is 0.584. The van der Waals surface area contributed by atoms with E-state index >= 15 is 0 Å². The van der Waals surface area contributed by atoms with E-state index in [1.54, 1.807) is 18.2 Å². The van der Waals surface area contributed by atoms with Crippen LogP contribution in [-0.4, -0.2) is 29.4 Å². The molecule has 2 amide bonds. The number of fused-ring (bicyclic) bond motifs is 1. The smallest absolute Gasteiger partial charge is 0.271 e. The molecule has 0 radical (unpaired) electrons. The van der Waals surface area contributed by atoms with E-state index in [0.29, 0.717) is 15.9 Å². The number of hydrogen-bond donors (Lipinski definition) is 1. The van der Waals surface area contributed by atoms with Gasteiger partial charge in [0.25, 0.3) is 11.6 Å². The molecule has 1 heterocycles. The Labute approximate surface area is 169 Å². The Morgan fingerprint density at radius 1 is 1.32 bits per heavy atom. The number of benzene rings is 2. The van der Waals surface area contributed by atoms with Crippen molar-refractivity contribution >= 4 is 44.8 Å². The number of anilines is 2. The maximum atomic E-state index is 12.9. The monoisotopic (exact) mass is 447 g/mol. The minimum absolute atomic E-state index is 0.135. The molecule has 1 aliphatic rings. The normalized spacial score (nSPS) is 15.8. The van der Waals surface area contributed by atoms with Crippen molar-refractivity contribution in [3.05, 3.63) is 57.1 Å². The summed E-state index contributed by atoms with van der Waals surface area (Å²) in [5.74, 6) is -0.644. The molecule has 0 aliphatic carbocycles. The van der Waals surface area contributed by atoms with E-state index < -0.39 is 22.8 Å². The van der Waals surface area contributed by atoms with Gasteiger partial charge in [-0.2, -0.15) is 0 Å². The van der Waals surface area contributed by atoms with Crippen LogP contribution in [0, 0.1) is 16.0 Å². The molecular formula is C19H18BrN3O5. The van der Waals surface area contributed by atoms with Gasteiger partial charge in [-0.25, -0.2) is 0 Å². The molecule has 1 atom stereocenters. The Bertz CT molecular complexity index is 947. The van der Waals surface area contributed by atoms with Crippen LogP contribution in [0.5, 0.6) is 5.75 Å². The van der Waals surface area contributed by atoms with Gasteiger partial charge in [0.1, 0.15) is 12.3 Å². The zero-order chi connectivity index (χ0) is 20.4. The molecule has 2 aromatic rings. The standard InChI is InChI=1S/C19H18BrN3O5/c1-11(2)18-19(25)22(10-17(24)21-14-6-4-3-5-13(14)20)15-9-12(23(26)27)7-8-16(15)28-18/h3-9,11,18H,10H2,1-2H3,(H,21,24). The minimum atomic E-state index is -0.773. The fourth-order valence-electron chi connectivity index (χ4n) is 2.87. The Morgan fingerprint density at radius 2 is 2.04 bits per heavy atom. The van der Waals surface area contributed by atoms with Gasteiger partial charge in [-0.3, -0.25) is 24.6 Å². The Kier molecular flexibility index (Phi) is 5.64. The fourth-order valence-corrected chi connectivity index (χ4v) is 3.25. The van der Waals surface area contributed by atoms with Gasteiger partial charge in [-0.15, -0.1) is 0 Å². The van der Waals surface area contributed by atoms with Gasteiger partial charge in [-0.1, -0.05) is 26.0 Å². The van der Waals surface area contributed by atoms with E-state index in [1.807, 2.05) is 19.9 Å². The van der Waals surface area contributed by atoms with Crippen molar-refractivity contribution in [2.45, 2.75) is 20.0 Å². The maximum absolute atomic E-state index is 12.9. The number of hydrogen-bond acceptors (Lipinski definition) is 5. The first-order valence-corrected chi connectivity index (χ1v) is 9.38. The summed E-state index contributed by atoms with van der Waals surface area (Å²) in [6.07, 6.45) is -0.773. The number of nitrogens with zero attached hydrogens (tertiary/aromatic N) is 2. The molecule has 3 rings (SSSR count). The summed E-state index contributed by atoms with van der Waals surface area (Å²) >= 11 is 3.35. The predicted molar refractivity (Wildman–Crippen MR) is 107 cm³/mol. The van der Waals surface area contributed by atoms with Crippen LogP contribution in [0.1, 0.15) is 13.8 Å². The summed E-state index contributed by atoms with van der Waals surface area (Å²) in [5, 5.41) is 13.9. The van der Waals surface area contributed by atoms with Crippen molar-refractivity contribution in [1.82, 2.24) is 0 Å². The van der Waals surface area contributed by atoms with Crippen LogP contribution in [0.4, 0.5) is 17.1 Å². The highest BCUT2D eigenvalue weighted by Crippen LogP contribution is 2.38. The number of para-hydroxylation sites is 1. The van der Waals surface area contributed by atoms with Crippen LogP contribution >= 0.6 is 15.9 Å². The second kappa shape index (κ2) is 7.97. The first kappa shape index (κ1) is 19.8. The van der Waals surface area contributed by atoms with E-state index in [2.05, 4.69) is 21.2 Å². The van der Waals surface area contributed by atoms with E-state index in [9.17, 15) is 19.7 Å². The molecule has 2 aromatic carbocycles. The number of nitro benzene ring substituents is 1. The van der Waals surface area contributed by atoms with Crippen molar-refractivity contribution in [2.24, 2.45) is 5.92 Å². The zero-order valence-corrected chi connectivity index (χ0v) is 16.8. The van der Waals surface area contributed by atoms with Gasteiger partial charge in [0.2, 0.25) is 5.91 Å². The number of carbonyl (C=O) groups is 2. The van der Waals surface area contributed by atoms with Crippen LogP contribution < -0.4 is 15.0 Å². The number of carbonyl (C=O) groups excluding carboxylic acids is 2. The van der Waals surface area contributed by atoms with Gasteiger partial charge in [-0.05, 0) is 40.0 Å². The van der Waals surface area contributed by atoms with E-state index in [-0.39, 0.29) is 23.8 Å². The number of ether oxygens (including phenoxy) is 1. The van der Waals surface area contributed by atoms with Gasteiger partial charge < -0.3 is 10.1 Å². The maximum Gasteiger partial charge on any atom is 0.271 e. The number of non-ortho nitro benzene ring substituents is 1. The van der Waals surface area contributed by atoms with Crippen molar-refractivity contribution < 1.29 is 19.2 Å². The molecule has 1 unspecified atom stereocenters. The molecule has 0 aromatic heterocycles. The quantitative estimate of drug-likeness (QED) is 0.555. The number of rotatable bonds is 5. The Morgan fingerprint density at radius 3 is 2.68 bits per heavy atom. The molecule has 8 nitrogen and oxygen atoms in total. The van der Waals surface area contributed by atoms with Crippen molar-refractivity contribution in [3.63, 3.8) is 0 Å². The van der Waals surface area contributed by atoms with Crippen molar-refractivity contribution in [1.29, 1.82) is 0 Å². The lowest BCUT2D eigenvalue weighted by Crippen LogP contribution is -2.50. The van der Waals surface area contributed by atoms with Crippen LogP contribution in [0.2, 0.25) is 0 Å². The second-order valence-electron chi connectivity index (χ2n) is 6.64. The number of nitrogens with one attached hydrogen (secondary N) is 1. The number of amides is 2. The Hall–Kier alpha value is -2.94. The summed E-state index contributed by atoms with van der Waals surface area (Å²) in [6.45, 7) is 3.37. The summed E-state index contributed by atoms with van der Waals surface area (Å²) < 4.78 is 6.44. The van der Waals surface area contributed by atoms with E-state index in [1.165, 1.54) is 23.1 Å². The van der Waals surface area contributed by atoms with Crippen molar-refractivity contribution in [2.75, 3.05) is 16.8 Å². The first-order valence-electron chi connectivity index (χ1n) is 8.58. The van der Waals surface area contributed by atoms with Crippen LogP contribution in [0.15, 0.2) is 46.9 Å². The third-order valence-electron chi connectivity index (χ3n) is 4.26. The minimum Gasteiger partial charge on any atom is -0.478 e. The van der Waals surface area contributed by atoms with Gasteiger partial charge in [0, 0.05) is 16.6 Å². The summed E-state index contributed by atoms with van der Waals surface area (Å²) in [6, 6.07) is 11.1. The number of nitro groups is 1. The zero-order valence-electron chi connectivity index (χ0n) is 15.2. The molecule has 1 aliphatic heterocycles. The summed E-state index contributed by atoms with van der Waals surface area (Å²) in [4.78, 5) is 37.3.